The van der Waals surface area contributed by atoms with Crippen LogP contribution in [-0.4, -0.2) is 17.0 Å². The van der Waals surface area contributed by atoms with Gasteiger partial charge in [0.2, 0.25) is 0 Å². The molecular weight excluding hydrogens is 287 g/mol. The van der Waals surface area contributed by atoms with E-state index in [9.17, 15) is 4.79 Å². The molecule has 1 aromatic heterocycles. The fourth-order valence-corrected chi connectivity index (χ4v) is 2.55. The van der Waals surface area contributed by atoms with Crippen LogP contribution in [0.5, 0.6) is 0 Å². The first-order valence-corrected chi connectivity index (χ1v) is 7.04. The van der Waals surface area contributed by atoms with Crippen molar-refractivity contribution in [1.29, 1.82) is 0 Å². The van der Waals surface area contributed by atoms with Gasteiger partial charge < -0.3 is 10.5 Å². The van der Waals surface area contributed by atoms with Crippen molar-refractivity contribution in [3.63, 3.8) is 0 Å². The fraction of sp³-hybridized carbons (Fsp3) is 0.538. The second kappa shape index (κ2) is 6.55. The number of nitrogens with two attached hydrogens (primary N) is 1. The summed E-state index contributed by atoms with van der Waals surface area (Å²) in [6.45, 7) is 0.110. The van der Waals surface area contributed by atoms with Gasteiger partial charge in [0.25, 0.3) is 0 Å². The Morgan fingerprint density at radius 1 is 1.42 bits per heavy atom. The lowest BCUT2D eigenvalue weighted by atomic mass is 9.81. The normalized spacial score (nSPS) is 16.8. The smallest absolute Gasteiger partial charge is 0.323 e. The first-order valence-electron chi connectivity index (χ1n) is 6.29. The van der Waals surface area contributed by atoms with Gasteiger partial charge in [-0.2, -0.15) is 0 Å². The fourth-order valence-electron chi connectivity index (χ4n) is 2.04. The molecule has 2 N–H and O–H groups in total. The molecule has 19 heavy (non-hydrogen) atoms. The molecule has 1 aliphatic rings. The van der Waals surface area contributed by atoms with Gasteiger partial charge in [0.15, 0.2) is 0 Å². The molecule has 4 nitrogen and oxygen atoms in total. The average Bonchev–Trinajstić information content (AvgIpc) is 2.29. The highest BCUT2D eigenvalue weighted by atomic mass is 35.5. The molecule has 2 rings (SSSR count). The molecule has 104 valence electrons. The quantitative estimate of drug-likeness (QED) is 0.671. The van der Waals surface area contributed by atoms with Crippen molar-refractivity contribution in [3.05, 3.63) is 28.0 Å². The van der Waals surface area contributed by atoms with Crippen LogP contribution in [0.2, 0.25) is 10.3 Å². The molecule has 1 aliphatic carbocycles. The van der Waals surface area contributed by atoms with Gasteiger partial charge in [-0.05, 0) is 30.0 Å². The van der Waals surface area contributed by atoms with Crippen LogP contribution in [0, 0.1) is 5.92 Å². The number of aromatic nitrogens is 1. The van der Waals surface area contributed by atoms with Crippen molar-refractivity contribution in [1.82, 2.24) is 4.98 Å². The third-order valence-corrected chi connectivity index (χ3v) is 3.71. The van der Waals surface area contributed by atoms with Crippen LogP contribution in [0.3, 0.4) is 0 Å². The highest BCUT2D eigenvalue weighted by molar-refractivity contribution is 6.32. The summed E-state index contributed by atoms with van der Waals surface area (Å²) >= 11 is 11.5. The number of hydrogen-bond donors (Lipinski definition) is 1. The third kappa shape index (κ3) is 4.34. The van der Waals surface area contributed by atoms with E-state index in [1.165, 1.54) is 6.42 Å². The van der Waals surface area contributed by atoms with E-state index in [0.29, 0.717) is 17.9 Å². The van der Waals surface area contributed by atoms with Gasteiger partial charge in [-0.25, -0.2) is 4.98 Å². The van der Waals surface area contributed by atoms with Gasteiger partial charge in [0.05, 0.1) is 0 Å². The molecule has 1 heterocycles. The number of carbonyl (C=O) groups excluding carboxylic acids is 1. The Labute approximate surface area is 122 Å². The summed E-state index contributed by atoms with van der Waals surface area (Å²) < 4.78 is 5.16. The predicted molar refractivity (Wildman–Crippen MR) is 74.0 cm³/mol. The molecule has 1 atom stereocenters. The maximum atomic E-state index is 11.7. The van der Waals surface area contributed by atoms with Gasteiger partial charge in [-0.3, -0.25) is 4.79 Å². The van der Waals surface area contributed by atoms with Crippen LogP contribution < -0.4 is 5.73 Å². The van der Waals surface area contributed by atoms with Crippen molar-refractivity contribution in [2.24, 2.45) is 11.7 Å². The largest absolute Gasteiger partial charge is 0.460 e. The van der Waals surface area contributed by atoms with Crippen LogP contribution in [0.1, 0.15) is 31.2 Å². The summed E-state index contributed by atoms with van der Waals surface area (Å²) in [6, 6.07) is 2.68. The summed E-state index contributed by atoms with van der Waals surface area (Å²) in [4.78, 5) is 15.6. The molecule has 0 aliphatic heterocycles. The SMILES string of the molecule is N[C@@H](CC1CCC1)C(=O)OCc1cc(Cl)nc(Cl)c1. The number of nitrogens with zero attached hydrogens (tertiary/aromatic N) is 1. The number of esters is 1. The molecule has 0 radical (unpaired) electrons. The topological polar surface area (TPSA) is 65.2 Å². The molecule has 1 fully saturated rings. The Morgan fingerprint density at radius 2 is 2.05 bits per heavy atom. The van der Waals surface area contributed by atoms with Crippen LogP contribution in [0.15, 0.2) is 12.1 Å². The number of ether oxygens (including phenoxy) is 1. The minimum atomic E-state index is -0.543. The minimum Gasteiger partial charge on any atom is -0.460 e. The third-order valence-electron chi connectivity index (χ3n) is 3.32. The molecule has 0 bridgehead atoms. The van der Waals surface area contributed by atoms with Crippen LogP contribution in [0.25, 0.3) is 0 Å². The van der Waals surface area contributed by atoms with E-state index in [4.69, 9.17) is 33.7 Å². The van der Waals surface area contributed by atoms with E-state index in [-0.39, 0.29) is 22.9 Å². The van der Waals surface area contributed by atoms with Crippen molar-refractivity contribution >= 4 is 29.2 Å². The predicted octanol–water partition coefficient (Wildman–Crippen LogP) is 2.95. The summed E-state index contributed by atoms with van der Waals surface area (Å²) in [5.74, 6) is 0.198. The summed E-state index contributed by atoms with van der Waals surface area (Å²) in [7, 11) is 0. The Hall–Kier alpha value is -0.840. The van der Waals surface area contributed by atoms with E-state index < -0.39 is 6.04 Å². The lowest BCUT2D eigenvalue weighted by Gasteiger charge is -2.27. The van der Waals surface area contributed by atoms with Gasteiger partial charge in [-0.15, -0.1) is 0 Å². The monoisotopic (exact) mass is 302 g/mol. The molecule has 0 unspecified atom stereocenters. The molecule has 0 spiro atoms. The average molecular weight is 303 g/mol. The lowest BCUT2D eigenvalue weighted by Crippen LogP contribution is -2.35. The molecule has 6 heteroatoms. The maximum absolute atomic E-state index is 11.7. The van der Waals surface area contributed by atoms with Gasteiger partial charge in [0.1, 0.15) is 23.0 Å². The van der Waals surface area contributed by atoms with E-state index in [1.807, 2.05) is 0 Å². The number of halogens is 2. The zero-order valence-electron chi connectivity index (χ0n) is 10.4. The second-order valence-electron chi connectivity index (χ2n) is 4.87. The maximum Gasteiger partial charge on any atom is 0.323 e. The number of hydrogen-bond acceptors (Lipinski definition) is 4. The highest BCUT2D eigenvalue weighted by Gasteiger charge is 2.24. The van der Waals surface area contributed by atoms with Gasteiger partial charge in [-0.1, -0.05) is 42.5 Å². The van der Waals surface area contributed by atoms with E-state index >= 15 is 0 Å². The van der Waals surface area contributed by atoms with Crippen molar-refractivity contribution in [3.8, 4) is 0 Å². The first-order chi connectivity index (χ1) is 9.04. The van der Waals surface area contributed by atoms with Crippen molar-refractivity contribution in [2.75, 3.05) is 0 Å². The molecule has 0 aromatic carbocycles. The van der Waals surface area contributed by atoms with E-state index in [0.717, 1.165) is 12.8 Å². The van der Waals surface area contributed by atoms with Gasteiger partial charge in [0, 0.05) is 0 Å². The van der Waals surface area contributed by atoms with Crippen LogP contribution >= 0.6 is 23.2 Å². The van der Waals surface area contributed by atoms with E-state index in [2.05, 4.69) is 4.98 Å². The number of rotatable bonds is 5. The van der Waals surface area contributed by atoms with Crippen LogP contribution in [-0.2, 0) is 16.1 Å². The van der Waals surface area contributed by atoms with Crippen molar-refractivity contribution in [2.45, 2.75) is 38.3 Å². The standard InChI is InChI=1S/C13H16Cl2N2O2/c14-11-5-9(6-12(15)17-11)7-19-13(18)10(16)4-8-2-1-3-8/h5-6,8,10H,1-4,7,16H2/t10-/m0/s1. The summed E-state index contributed by atoms with van der Waals surface area (Å²) in [5.41, 5.74) is 6.52. The molecular formula is C13H16Cl2N2O2. The van der Waals surface area contributed by atoms with E-state index in [1.54, 1.807) is 12.1 Å². The number of carbonyl (C=O) groups is 1. The zero-order chi connectivity index (χ0) is 13.8. The summed E-state index contributed by atoms with van der Waals surface area (Å²) in [5, 5.41) is 0.551. The highest BCUT2D eigenvalue weighted by Crippen LogP contribution is 2.30. The summed E-state index contributed by atoms with van der Waals surface area (Å²) in [6.07, 6.45) is 4.27. The first kappa shape index (κ1) is 14.6. The molecule has 0 saturated heterocycles. The second-order valence-corrected chi connectivity index (χ2v) is 5.64. The van der Waals surface area contributed by atoms with Gasteiger partial charge >= 0.3 is 5.97 Å². The van der Waals surface area contributed by atoms with Crippen molar-refractivity contribution < 1.29 is 9.53 Å². The molecule has 1 saturated carbocycles. The number of pyridine rings is 1. The van der Waals surface area contributed by atoms with Crippen LogP contribution in [0.4, 0.5) is 0 Å². The molecule has 0 amide bonds. The zero-order valence-corrected chi connectivity index (χ0v) is 12.0. The Bertz CT molecular complexity index is 444. The molecule has 1 aromatic rings. The lowest BCUT2D eigenvalue weighted by molar-refractivity contribution is -0.147. The Kier molecular flexibility index (Phi) is 5.02. The minimum absolute atomic E-state index is 0.110. The Balaban J connectivity index is 1.81. The Morgan fingerprint density at radius 3 is 2.58 bits per heavy atom.